The summed E-state index contributed by atoms with van der Waals surface area (Å²) in [7, 11) is 0. The Bertz CT molecular complexity index is 1050. The first-order valence-corrected chi connectivity index (χ1v) is 11.3. The number of alkyl halides is 3. The van der Waals surface area contributed by atoms with Crippen LogP contribution in [-0.4, -0.2) is 30.6 Å². The van der Waals surface area contributed by atoms with Crippen LogP contribution in [0.1, 0.15) is 63.9 Å². The van der Waals surface area contributed by atoms with Crippen LogP contribution in [0.2, 0.25) is 0 Å². The van der Waals surface area contributed by atoms with Gasteiger partial charge in [0.1, 0.15) is 5.00 Å². The summed E-state index contributed by atoms with van der Waals surface area (Å²) in [6.07, 6.45) is -3.35. The number of anilines is 1. The van der Waals surface area contributed by atoms with Crippen LogP contribution in [-0.2, 0) is 33.3 Å². The second kappa shape index (κ2) is 9.94. The average Bonchev–Trinajstić information content (AvgIpc) is 3.10. The fraction of sp³-hybridized carbons (Fsp3) is 0.435. The van der Waals surface area contributed by atoms with Gasteiger partial charge >= 0.3 is 18.1 Å². The summed E-state index contributed by atoms with van der Waals surface area (Å²) in [6.45, 7) is 5.35. The molecule has 6 nitrogen and oxygen atoms in total. The van der Waals surface area contributed by atoms with Crippen molar-refractivity contribution in [3.8, 4) is 0 Å². The summed E-state index contributed by atoms with van der Waals surface area (Å²) in [5, 5.41) is 3.00. The molecule has 0 radical (unpaired) electrons. The normalized spacial score (nSPS) is 16.5. The van der Waals surface area contributed by atoms with E-state index in [1.54, 1.807) is 6.92 Å². The van der Waals surface area contributed by atoms with Crippen LogP contribution in [0.4, 0.5) is 18.2 Å². The molecule has 0 saturated heterocycles. The smallest absolute Gasteiger partial charge is 0.416 e. The third kappa shape index (κ3) is 5.73. The number of benzene rings is 1. The molecule has 2 aromatic rings. The fourth-order valence-electron chi connectivity index (χ4n) is 3.55. The summed E-state index contributed by atoms with van der Waals surface area (Å²) >= 11 is 1.30. The molecular formula is C23H24F3NO5S. The molecule has 178 valence electrons. The molecule has 1 aromatic heterocycles. The Morgan fingerprint density at radius 1 is 1.18 bits per heavy atom. The van der Waals surface area contributed by atoms with Crippen LogP contribution in [0, 0.1) is 5.92 Å². The zero-order valence-electron chi connectivity index (χ0n) is 18.4. The van der Waals surface area contributed by atoms with Gasteiger partial charge in [0.25, 0.3) is 5.91 Å². The number of hydrogen-bond acceptors (Lipinski definition) is 6. The largest absolute Gasteiger partial charge is 0.462 e. The van der Waals surface area contributed by atoms with E-state index in [0.717, 1.165) is 47.5 Å². The second-order valence-corrected chi connectivity index (χ2v) is 8.99. The SMILES string of the molecule is CCOC(=O)c1c(NC(=O)C(C)OC(=O)c2ccc(C(F)(F)F)cc2)sc2c1CCC(C)C2. The Hall–Kier alpha value is -2.88. The number of carbonyl (C=O) groups excluding carboxylic acids is 3. The van der Waals surface area contributed by atoms with Gasteiger partial charge in [-0.05, 0) is 68.9 Å². The molecule has 0 spiro atoms. The molecule has 1 N–H and O–H groups in total. The van der Waals surface area contributed by atoms with Crippen molar-refractivity contribution >= 4 is 34.2 Å². The molecule has 1 aliphatic carbocycles. The summed E-state index contributed by atoms with van der Waals surface area (Å²) in [5.41, 5.74) is 0.197. The molecule has 1 amide bonds. The van der Waals surface area contributed by atoms with Gasteiger partial charge in [-0.25, -0.2) is 9.59 Å². The molecule has 0 fully saturated rings. The molecule has 1 aromatic carbocycles. The number of fused-ring (bicyclic) bond motifs is 1. The predicted molar refractivity (Wildman–Crippen MR) is 116 cm³/mol. The van der Waals surface area contributed by atoms with Crippen molar-refractivity contribution in [2.45, 2.75) is 52.3 Å². The van der Waals surface area contributed by atoms with Gasteiger partial charge in [0.2, 0.25) is 0 Å². The highest BCUT2D eigenvalue weighted by Crippen LogP contribution is 2.40. The molecule has 0 bridgehead atoms. The highest BCUT2D eigenvalue weighted by molar-refractivity contribution is 7.17. The number of halogens is 3. The molecular weight excluding hydrogens is 459 g/mol. The first-order chi connectivity index (χ1) is 15.5. The van der Waals surface area contributed by atoms with E-state index >= 15 is 0 Å². The summed E-state index contributed by atoms with van der Waals surface area (Å²) in [5.74, 6) is -1.66. The maximum absolute atomic E-state index is 12.7. The van der Waals surface area contributed by atoms with Gasteiger partial charge in [-0.1, -0.05) is 6.92 Å². The Morgan fingerprint density at radius 2 is 1.85 bits per heavy atom. The first kappa shape index (κ1) is 24.8. The van der Waals surface area contributed by atoms with Gasteiger partial charge in [0.05, 0.1) is 23.3 Å². The van der Waals surface area contributed by atoms with E-state index in [1.807, 2.05) is 0 Å². The molecule has 0 aliphatic heterocycles. The van der Waals surface area contributed by atoms with E-state index in [1.165, 1.54) is 18.3 Å². The van der Waals surface area contributed by atoms with Crippen LogP contribution in [0.3, 0.4) is 0 Å². The molecule has 3 rings (SSSR count). The van der Waals surface area contributed by atoms with E-state index in [9.17, 15) is 27.6 Å². The van der Waals surface area contributed by atoms with Crippen molar-refractivity contribution in [3.63, 3.8) is 0 Å². The number of nitrogens with one attached hydrogen (secondary N) is 1. The van der Waals surface area contributed by atoms with E-state index in [2.05, 4.69) is 12.2 Å². The summed E-state index contributed by atoms with van der Waals surface area (Å²) < 4.78 is 48.3. The highest BCUT2D eigenvalue weighted by atomic mass is 32.1. The Balaban J connectivity index is 1.73. The number of thiophene rings is 1. The van der Waals surface area contributed by atoms with Gasteiger partial charge in [-0.3, -0.25) is 4.79 Å². The van der Waals surface area contributed by atoms with Crippen LogP contribution < -0.4 is 5.32 Å². The van der Waals surface area contributed by atoms with Crippen molar-refractivity contribution in [3.05, 3.63) is 51.4 Å². The zero-order chi connectivity index (χ0) is 24.3. The third-order valence-electron chi connectivity index (χ3n) is 5.33. The fourth-order valence-corrected chi connectivity index (χ4v) is 4.95. The molecule has 2 unspecified atom stereocenters. The topological polar surface area (TPSA) is 81.7 Å². The van der Waals surface area contributed by atoms with Gasteiger partial charge in [0.15, 0.2) is 6.10 Å². The zero-order valence-corrected chi connectivity index (χ0v) is 19.2. The minimum atomic E-state index is -4.52. The molecule has 1 aliphatic rings. The van der Waals surface area contributed by atoms with Gasteiger partial charge < -0.3 is 14.8 Å². The maximum Gasteiger partial charge on any atom is 0.416 e. The minimum absolute atomic E-state index is 0.115. The molecule has 10 heteroatoms. The molecule has 33 heavy (non-hydrogen) atoms. The quantitative estimate of drug-likeness (QED) is 0.568. The Morgan fingerprint density at radius 3 is 2.45 bits per heavy atom. The molecule has 0 saturated carbocycles. The minimum Gasteiger partial charge on any atom is -0.462 e. The summed E-state index contributed by atoms with van der Waals surface area (Å²) in [6, 6.07) is 3.51. The first-order valence-electron chi connectivity index (χ1n) is 10.5. The van der Waals surface area contributed by atoms with Crippen LogP contribution in [0.25, 0.3) is 0 Å². The van der Waals surface area contributed by atoms with Crippen molar-refractivity contribution in [1.29, 1.82) is 0 Å². The number of esters is 2. The number of rotatable bonds is 6. The summed E-state index contributed by atoms with van der Waals surface area (Å²) in [4.78, 5) is 38.5. The Kier molecular flexibility index (Phi) is 7.46. The van der Waals surface area contributed by atoms with Crippen LogP contribution in [0.5, 0.6) is 0 Å². The van der Waals surface area contributed by atoms with E-state index < -0.39 is 35.7 Å². The number of amides is 1. The molecule has 2 atom stereocenters. The van der Waals surface area contributed by atoms with E-state index in [0.29, 0.717) is 22.9 Å². The van der Waals surface area contributed by atoms with Gasteiger partial charge in [-0.15, -0.1) is 11.3 Å². The van der Waals surface area contributed by atoms with Crippen LogP contribution >= 0.6 is 11.3 Å². The van der Waals surface area contributed by atoms with Crippen molar-refractivity contribution < 1.29 is 37.0 Å². The highest BCUT2D eigenvalue weighted by Gasteiger charge is 2.32. The third-order valence-corrected chi connectivity index (χ3v) is 6.50. The van der Waals surface area contributed by atoms with E-state index in [-0.39, 0.29) is 12.2 Å². The second-order valence-electron chi connectivity index (χ2n) is 7.89. The number of carbonyl (C=O) groups is 3. The van der Waals surface area contributed by atoms with Crippen LogP contribution in [0.15, 0.2) is 24.3 Å². The monoisotopic (exact) mass is 483 g/mol. The van der Waals surface area contributed by atoms with Gasteiger partial charge in [-0.2, -0.15) is 13.2 Å². The standard InChI is InChI=1S/C23H24F3NO5S/c1-4-31-22(30)18-16-10-5-12(2)11-17(16)33-20(18)27-19(28)13(3)32-21(29)14-6-8-15(9-7-14)23(24,25)26/h6-9,12-13H,4-5,10-11H2,1-3H3,(H,27,28). The molecule has 1 heterocycles. The lowest BCUT2D eigenvalue weighted by molar-refractivity contribution is -0.137. The Labute approximate surface area is 193 Å². The lowest BCUT2D eigenvalue weighted by Gasteiger charge is -2.18. The van der Waals surface area contributed by atoms with Crippen molar-refractivity contribution in [2.75, 3.05) is 11.9 Å². The number of ether oxygens (including phenoxy) is 2. The van der Waals surface area contributed by atoms with Crippen molar-refractivity contribution in [2.24, 2.45) is 5.92 Å². The van der Waals surface area contributed by atoms with E-state index in [4.69, 9.17) is 9.47 Å². The van der Waals surface area contributed by atoms with Crippen molar-refractivity contribution in [1.82, 2.24) is 0 Å². The number of hydrogen-bond donors (Lipinski definition) is 1. The lowest BCUT2D eigenvalue weighted by Crippen LogP contribution is -2.30. The predicted octanol–water partition coefficient (Wildman–Crippen LogP) is 5.25. The lowest BCUT2D eigenvalue weighted by atomic mass is 9.88. The average molecular weight is 484 g/mol. The maximum atomic E-state index is 12.7. The van der Waals surface area contributed by atoms with Gasteiger partial charge in [0, 0.05) is 4.88 Å².